The average Bonchev–Trinajstić information content (AvgIpc) is 2.87. The summed E-state index contributed by atoms with van der Waals surface area (Å²) in [6, 6.07) is 37.3. The van der Waals surface area contributed by atoms with Gasteiger partial charge in [-0.15, -0.1) is 0 Å². The third kappa shape index (κ3) is 3.63. The van der Waals surface area contributed by atoms with Gasteiger partial charge in [-0.25, -0.2) is 4.98 Å². The Morgan fingerprint density at radius 1 is 0.455 bits per heavy atom. The van der Waals surface area contributed by atoms with E-state index in [1.807, 2.05) is 42.5 Å². The molecule has 1 aromatic heterocycles. The third-order valence-electron chi connectivity index (χ3n) is 5.87. The molecule has 0 atom stereocenters. The van der Waals surface area contributed by atoms with Crippen molar-refractivity contribution in [2.45, 2.75) is 0 Å². The monoisotopic (exact) mass is 443 g/mol. The van der Waals surface area contributed by atoms with Gasteiger partial charge in [0, 0.05) is 11.1 Å². The van der Waals surface area contributed by atoms with Crippen molar-refractivity contribution < 1.29 is 0 Å². The lowest BCUT2D eigenvalue weighted by Gasteiger charge is -2.12. The van der Waals surface area contributed by atoms with Gasteiger partial charge in [-0.05, 0) is 50.3 Å². The van der Waals surface area contributed by atoms with Crippen molar-refractivity contribution in [1.29, 1.82) is 0 Å². The summed E-state index contributed by atoms with van der Waals surface area (Å²) in [7, 11) is 0. The van der Waals surface area contributed by atoms with Crippen LogP contribution in [0.1, 0.15) is 0 Å². The summed E-state index contributed by atoms with van der Waals surface area (Å²) in [5.74, 6) is 1.12. The second-order valence-corrected chi connectivity index (χ2v) is 8.22. The minimum absolute atomic E-state index is 0.177. The van der Waals surface area contributed by atoms with Crippen LogP contribution in [0, 0.1) is 0 Å². The Kier molecular flexibility index (Phi) is 4.82. The number of rotatable bonds is 3. The minimum atomic E-state index is 0.177. The SMILES string of the molecule is Clc1nc(-c2ccccc2-c2ccc3ccccc3c2)nc(-c2cccc3ccccc23)n1. The second kappa shape index (κ2) is 8.12. The van der Waals surface area contributed by atoms with E-state index in [9.17, 15) is 0 Å². The van der Waals surface area contributed by atoms with Crippen molar-refractivity contribution in [3.63, 3.8) is 0 Å². The number of benzene rings is 5. The lowest BCUT2D eigenvalue weighted by atomic mass is 9.96. The molecule has 0 radical (unpaired) electrons. The lowest BCUT2D eigenvalue weighted by molar-refractivity contribution is 1.07. The molecule has 0 N–H and O–H groups in total. The fraction of sp³-hybridized carbons (Fsp3) is 0. The molecule has 0 aliphatic rings. The van der Waals surface area contributed by atoms with Gasteiger partial charge in [-0.3, -0.25) is 0 Å². The van der Waals surface area contributed by atoms with E-state index in [-0.39, 0.29) is 5.28 Å². The van der Waals surface area contributed by atoms with Crippen LogP contribution in [0.15, 0.2) is 109 Å². The number of nitrogens with zero attached hydrogens (tertiary/aromatic N) is 3. The van der Waals surface area contributed by atoms with Gasteiger partial charge >= 0.3 is 0 Å². The number of hydrogen-bond donors (Lipinski definition) is 0. The maximum Gasteiger partial charge on any atom is 0.226 e. The van der Waals surface area contributed by atoms with Gasteiger partial charge in [-0.1, -0.05) is 103 Å². The molecule has 5 aromatic carbocycles. The summed E-state index contributed by atoms with van der Waals surface area (Å²) in [5.41, 5.74) is 4.00. The summed E-state index contributed by atoms with van der Waals surface area (Å²) < 4.78 is 0. The molecule has 33 heavy (non-hydrogen) atoms. The Hall–Kier alpha value is -4.08. The molecule has 0 aliphatic heterocycles. The van der Waals surface area contributed by atoms with E-state index in [1.54, 1.807) is 0 Å². The van der Waals surface area contributed by atoms with E-state index in [1.165, 1.54) is 10.8 Å². The van der Waals surface area contributed by atoms with Crippen molar-refractivity contribution in [3.8, 4) is 33.9 Å². The van der Waals surface area contributed by atoms with Crippen LogP contribution in [0.3, 0.4) is 0 Å². The Bertz CT molecular complexity index is 1640. The third-order valence-corrected chi connectivity index (χ3v) is 6.04. The number of hydrogen-bond acceptors (Lipinski definition) is 3. The molecule has 0 bridgehead atoms. The standard InChI is InChI=1S/C29H18ClN3/c30-29-32-27(31-28(33-29)26-15-7-11-20-9-3-4-12-23(20)26)25-14-6-5-13-24(25)22-17-16-19-8-1-2-10-21(19)18-22/h1-18H. The molecule has 6 rings (SSSR count). The molecular weight excluding hydrogens is 426 g/mol. The van der Waals surface area contributed by atoms with Gasteiger partial charge < -0.3 is 0 Å². The van der Waals surface area contributed by atoms with E-state index < -0.39 is 0 Å². The fourth-order valence-electron chi connectivity index (χ4n) is 4.30. The lowest BCUT2D eigenvalue weighted by Crippen LogP contribution is -1.99. The van der Waals surface area contributed by atoms with Gasteiger partial charge in [-0.2, -0.15) is 9.97 Å². The van der Waals surface area contributed by atoms with E-state index in [2.05, 4.69) is 76.7 Å². The highest BCUT2D eigenvalue weighted by molar-refractivity contribution is 6.28. The molecule has 0 saturated heterocycles. The molecule has 4 heteroatoms. The summed E-state index contributed by atoms with van der Waals surface area (Å²) in [5, 5.41) is 4.78. The van der Waals surface area contributed by atoms with E-state index >= 15 is 0 Å². The van der Waals surface area contributed by atoms with Crippen LogP contribution >= 0.6 is 11.6 Å². The van der Waals surface area contributed by atoms with Crippen molar-refractivity contribution in [1.82, 2.24) is 15.0 Å². The zero-order valence-corrected chi connectivity index (χ0v) is 18.4. The smallest absolute Gasteiger partial charge is 0.208 e. The second-order valence-electron chi connectivity index (χ2n) is 7.89. The number of halogens is 1. The van der Waals surface area contributed by atoms with Gasteiger partial charge in [0.15, 0.2) is 11.6 Å². The van der Waals surface area contributed by atoms with E-state index in [4.69, 9.17) is 16.6 Å². The van der Waals surface area contributed by atoms with Crippen LogP contribution in [-0.2, 0) is 0 Å². The first-order valence-electron chi connectivity index (χ1n) is 10.7. The first-order chi connectivity index (χ1) is 16.3. The molecule has 6 aromatic rings. The van der Waals surface area contributed by atoms with Crippen LogP contribution in [0.2, 0.25) is 5.28 Å². The summed E-state index contributed by atoms with van der Waals surface area (Å²) in [6.07, 6.45) is 0. The molecular formula is C29H18ClN3. The highest BCUT2D eigenvalue weighted by Gasteiger charge is 2.15. The van der Waals surface area contributed by atoms with Crippen molar-refractivity contribution >= 4 is 33.1 Å². The zero-order chi connectivity index (χ0) is 22.2. The highest BCUT2D eigenvalue weighted by Crippen LogP contribution is 2.34. The highest BCUT2D eigenvalue weighted by atomic mass is 35.5. The predicted octanol–water partition coefficient (Wildman–Crippen LogP) is 7.83. The van der Waals surface area contributed by atoms with Crippen LogP contribution in [0.4, 0.5) is 0 Å². The summed E-state index contributed by atoms with van der Waals surface area (Å²) in [6.45, 7) is 0. The van der Waals surface area contributed by atoms with E-state index in [0.717, 1.165) is 33.0 Å². The Morgan fingerprint density at radius 2 is 1.06 bits per heavy atom. The first kappa shape index (κ1) is 19.6. The maximum absolute atomic E-state index is 6.42. The molecule has 0 spiro atoms. The predicted molar refractivity (Wildman–Crippen MR) is 136 cm³/mol. The Morgan fingerprint density at radius 3 is 1.91 bits per heavy atom. The molecule has 0 amide bonds. The molecule has 3 nitrogen and oxygen atoms in total. The Balaban J connectivity index is 1.53. The van der Waals surface area contributed by atoms with Gasteiger partial charge in [0.05, 0.1) is 0 Å². The maximum atomic E-state index is 6.42. The first-order valence-corrected chi connectivity index (χ1v) is 11.1. The van der Waals surface area contributed by atoms with Crippen LogP contribution in [0.25, 0.3) is 55.4 Å². The van der Waals surface area contributed by atoms with Gasteiger partial charge in [0.25, 0.3) is 0 Å². The van der Waals surface area contributed by atoms with Crippen molar-refractivity contribution in [3.05, 3.63) is 114 Å². The van der Waals surface area contributed by atoms with Crippen LogP contribution in [0.5, 0.6) is 0 Å². The molecule has 0 saturated carbocycles. The van der Waals surface area contributed by atoms with Crippen LogP contribution in [-0.4, -0.2) is 15.0 Å². The molecule has 0 fully saturated rings. The largest absolute Gasteiger partial charge is 0.226 e. The van der Waals surface area contributed by atoms with Gasteiger partial charge in [0.2, 0.25) is 5.28 Å². The fourth-order valence-corrected chi connectivity index (χ4v) is 4.46. The van der Waals surface area contributed by atoms with Crippen molar-refractivity contribution in [2.75, 3.05) is 0 Å². The summed E-state index contributed by atoms with van der Waals surface area (Å²) >= 11 is 6.42. The van der Waals surface area contributed by atoms with Crippen LogP contribution < -0.4 is 0 Å². The average molecular weight is 444 g/mol. The van der Waals surface area contributed by atoms with E-state index in [0.29, 0.717) is 11.6 Å². The quantitative estimate of drug-likeness (QED) is 0.279. The molecule has 0 aliphatic carbocycles. The molecule has 0 unspecified atom stereocenters. The summed E-state index contributed by atoms with van der Waals surface area (Å²) in [4.78, 5) is 13.8. The topological polar surface area (TPSA) is 38.7 Å². The zero-order valence-electron chi connectivity index (χ0n) is 17.6. The van der Waals surface area contributed by atoms with Gasteiger partial charge in [0.1, 0.15) is 0 Å². The van der Waals surface area contributed by atoms with Crippen molar-refractivity contribution in [2.24, 2.45) is 0 Å². The number of fused-ring (bicyclic) bond motifs is 2. The molecule has 156 valence electrons. The minimum Gasteiger partial charge on any atom is -0.208 e. The normalized spacial score (nSPS) is 11.2. The Labute approximate surface area is 196 Å². The number of aromatic nitrogens is 3. The molecule has 1 heterocycles.